The summed E-state index contributed by atoms with van der Waals surface area (Å²) >= 11 is 0. The fourth-order valence-corrected chi connectivity index (χ4v) is 5.40. The third-order valence-electron chi connectivity index (χ3n) is 7.12. The van der Waals surface area contributed by atoms with Gasteiger partial charge in [0.15, 0.2) is 0 Å². The molecule has 3 aromatic rings. The van der Waals surface area contributed by atoms with Crippen LogP contribution in [0.15, 0.2) is 48.7 Å². The van der Waals surface area contributed by atoms with Gasteiger partial charge in [0, 0.05) is 43.5 Å². The van der Waals surface area contributed by atoms with Crippen LogP contribution in [-0.4, -0.2) is 34.3 Å². The Morgan fingerprint density at radius 1 is 1.03 bits per heavy atom. The molecule has 1 N–H and O–H groups in total. The lowest BCUT2D eigenvalue weighted by atomic mass is 9.88. The van der Waals surface area contributed by atoms with Crippen LogP contribution in [0.25, 0.3) is 11.1 Å². The van der Waals surface area contributed by atoms with E-state index in [1.165, 1.54) is 39.1 Å². The topological polar surface area (TPSA) is 58.4 Å². The molecule has 0 unspecified atom stereocenters. The highest BCUT2D eigenvalue weighted by Gasteiger charge is 2.23. The molecule has 0 spiro atoms. The van der Waals surface area contributed by atoms with Crippen LogP contribution >= 0.6 is 0 Å². The molecule has 0 atom stereocenters. The number of rotatable bonds is 4. The van der Waals surface area contributed by atoms with Gasteiger partial charge in [0.25, 0.3) is 0 Å². The number of hydrogen-bond acceptors (Lipinski definition) is 4. The van der Waals surface area contributed by atoms with Gasteiger partial charge in [-0.15, -0.1) is 0 Å². The largest absolute Gasteiger partial charge is 0.508 e. The SMILES string of the molecule is Cc1nn(C)cc1C1=C(c2ccc(N3CCC(C=O)CC3)cc2)c2ccc(O)cc2CCC1. The van der Waals surface area contributed by atoms with Crippen LogP contribution in [0.5, 0.6) is 5.75 Å². The number of carbonyl (C=O) groups is 1. The van der Waals surface area contributed by atoms with Crippen molar-refractivity contribution < 1.29 is 9.90 Å². The summed E-state index contributed by atoms with van der Waals surface area (Å²) in [6.07, 6.45) is 8.04. The second-order valence-corrected chi connectivity index (χ2v) is 9.36. The molecule has 1 aromatic heterocycles. The number of hydrogen-bond donors (Lipinski definition) is 1. The van der Waals surface area contributed by atoms with Crippen LogP contribution in [0.4, 0.5) is 5.69 Å². The number of piperidine rings is 1. The average Bonchev–Trinajstić information content (AvgIpc) is 3.06. The number of phenolic OH excluding ortho intramolecular Hbond substituents is 1. The predicted molar refractivity (Wildman–Crippen MR) is 132 cm³/mol. The maximum atomic E-state index is 11.1. The van der Waals surface area contributed by atoms with Crippen LogP contribution < -0.4 is 4.90 Å². The number of phenols is 1. The summed E-state index contributed by atoms with van der Waals surface area (Å²) in [5.74, 6) is 0.526. The molecule has 1 saturated heterocycles. The number of benzene rings is 2. The summed E-state index contributed by atoms with van der Waals surface area (Å²) in [4.78, 5) is 13.5. The van der Waals surface area contributed by atoms with Crippen molar-refractivity contribution in [2.45, 2.75) is 39.0 Å². The predicted octanol–water partition coefficient (Wildman–Crippen LogP) is 5.14. The van der Waals surface area contributed by atoms with Crippen LogP contribution in [0.1, 0.15) is 53.6 Å². The third kappa shape index (κ3) is 4.20. The Morgan fingerprint density at radius 3 is 2.45 bits per heavy atom. The van der Waals surface area contributed by atoms with E-state index in [2.05, 4.69) is 53.5 Å². The summed E-state index contributed by atoms with van der Waals surface area (Å²) < 4.78 is 1.89. The molecule has 5 rings (SSSR count). The zero-order valence-electron chi connectivity index (χ0n) is 19.4. The Kier molecular flexibility index (Phi) is 5.79. The van der Waals surface area contributed by atoms with Crippen molar-refractivity contribution in [1.29, 1.82) is 0 Å². The second kappa shape index (κ2) is 8.89. The first kappa shape index (κ1) is 21.5. The van der Waals surface area contributed by atoms with Crippen LogP contribution in [0.3, 0.4) is 0 Å². The van der Waals surface area contributed by atoms with Gasteiger partial charge >= 0.3 is 0 Å². The van der Waals surface area contributed by atoms with Crippen molar-refractivity contribution in [1.82, 2.24) is 9.78 Å². The monoisotopic (exact) mass is 441 g/mol. The molecule has 1 fully saturated rings. The van der Waals surface area contributed by atoms with E-state index in [-0.39, 0.29) is 5.92 Å². The minimum absolute atomic E-state index is 0.204. The van der Waals surface area contributed by atoms with E-state index < -0.39 is 0 Å². The number of aromatic hydroxyl groups is 1. The van der Waals surface area contributed by atoms with Crippen LogP contribution in [-0.2, 0) is 18.3 Å². The molecule has 5 nitrogen and oxygen atoms in total. The first-order valence-corrected chi connectivity index (χ1v) is 11.9. The van der Waals surface area contributed by atoms with E-state index in [0.29, 0.717) is 5.75 Å². The normalized spacial score (nSPS) is 17.1. The van der Waals surface area contributed by atoms with Gasteiger partial charge in [0.2, 0.25) is 0 Å². The number of carbonyl (C=O) groups excluding carboxylic acids is 1. The Hall–Kier alpha value is -3.34. The Labute approximate surface area is 195 Å². The Balaban J connectivity index is 1.59. The van der Waals surface area contributed by atoms with Crippen molar-refractivity contribution in [2.75, 3.05) is 18.0 Å². The number of fused-ring (bicyclic) bond motifs is 1. The summed E-state index contributed by atoms with van der Waals surface area (Å²) in [7, 11) is 1.97. The number of aldehydes is 1. The van der Waals surface area contributed by atoms with Gasteiger partial charge in [0.05, 0.1) is 5.69 Å². The number of allylic oxidation sites excluding steroid dienone is 1. The fourth-order valence-electron chi connectivity index (χ4n) is 5.40. The van der Waals surface area contributed by atoms with E-state index in [0.717, 1.165) is 57.2 Å². The molecule has 0 radical (unpaired) electrons. The zero-order valence-corrected chi connectivity index (χ0v) is 19.4. The lowest BCUT2D eigenvalue weighted by Gasteiger charge is -2.31. The lowest BCUT2D eigenvalue weighted by molar-refractivity contribution is -0.111. The number of nitrogens with zero attached hydrogens (tertiary/aromatic N) is 3. The second-order valence-electron chi connectivity index (χ2n) is 9.36. The Bertz CT molecular complexity index is 1200. The summed E-state index contributed by atoms with van der Waals surface area (Å²) in [6.45, 7) is 3.93. The van der Waals surface area contributed by atoms with Gasteiger partial charge in [-0.05, 0) is 91.1 Å². The maximum Gasteiger partial charge on any atom is 0.123 e. The van der Waals surface area contributed by atoms with E-state index in [9.17, 15) is 9.90 Å². The van der Waals surface area contributed by atoms with Gasteiger partial charge in [-0.3, -0.25) is 4.68 Å². The standard InChI is InChI=1S/C28H31N3O2/c1-19-27(17-30(2)29-19)26-5-3-4-22-16-24(33)10-11-25(22)28(26)21-6-8-23(9-7-21)31-14-12-20(18-32)13-15-31/h6-11,16-18,20,33H,3-5,12-15H2,1-2H3. The molecular formula is C28H31N3O2. The van der Waals surface area contributed by atoms with E-state index in [1.54, 1.807) is 6.07 Å². The lowest BCUT2D eigenvalue weighted by Crippen LogP contribution is -2.34. The zero-order chi connectivity index (χ0) is 22.9. The molecule has 1 aliphatic heterocycles. The molecule has 2 aliphatic rings. The van der Waals surface area contributed by atoms with Crippen molar-refractivity contribution in [3.8, 4) is 5.75 Å². The van der Waals surface area contributed by atoms with Crippen molar-refractivity contribution in [3.63, 3.8) is 0 Å². The smallest absolute Gasteiger partial charge is 0.123 e. The molecule has 0 bridgehead atoms. The maximum absolute atomic E-state index is 11.1. The van der Waals surface area contributed by atoms with Crippen LogP contribution in [0.2, 0.25) is 0 Å². The van der Waals surface area contributed by atoms with Crippen molar-refractivity contribution in [3.05, 3.63) is 76.6 Å². The highest BCUT2D eigenvalue weighted by atomic mass is 16.3. The molecule has 170 valence electrons. The van der Waals surface area contributed by atoms with Gasteiger partial charge in [-0.1, -0.05) is 18.2 Å². The highest BCUT2D eigenvalue weighted by molar-refractivity contribution is 6.00. The molecule has 2 aromatic carbocycles. The average molecular weight is 442 g/mol. The molecule has 5 heteroatoms. The van der Waals surface area contributed by atoms with Gasteiger partial charge < -0.3 is 14.8 Å². The van der Waals surface area contributed by atoms with Gasteiger partial charge in [-0.2, -0.15) is 5.10 Å². The first-order valence-electron chi connectivity index (χ1n) is 11.9. The quantitative estimate of drug-likeness (QED) is 0.569. The molecule has 0 saturated carbocycles. The number of aromatic nitrogens is 2. The summed E-state index contributed by atoms with van der Waals surface area (Å²) in [5, 5.41) is 14.7. The highest BCUT2D eigenvalue weighted by Crippen LogP contribution is 2.41. The minimum atomic E-state index is 0.204. The minimum Gasteiger partial charge on any atom is -0.508 e. The molecular weight excluding hydrogens is 410 g/mol. The third-order valence-corrected chi connectivity index (χ3v) is 7.12. The van der Waals surface area contributed by atoms with E-state index >= 15 is 0 Å². The summed E-state index contributed by atoms with van der Waals surface area (Å²) in [5.41, 5.74) is 9.60. The summed E-state index contributed by atoms with van der Waals surface area (Å²) in [6, 6.07) is 14.7. The van der Waals surface area contributed by atoms with Crippen molar-refractivity contribution in [2.24, 2.45) is 13.0 Å². The molecule has 0 amide bonds. The fraction of sp³-hybridized carbons (Fsp3) is 0.357. The molecule has 33 heavy (non-hydrogen) atoms. The molecule has 1 aliphatic carbocycles. The Morgan fingerprint density at radius 2 is 1.79 bits per heavy atom. The van der Waals surface area contributed by atoms with E-state index in [4.69, 9.17) is 0 Å². The number of anilines is 1. The van der Waals surface area contributed by atoms with Crippen LogP contribution in [0, 0.1) is 12.8 Å². The van der Waals surface area contributed by atoms with Gasteiger partial charge in [0.1, 0.15) is 12.0 Å². The van der Waals surface area contributed by atoms with Gasteiger partial charge in [-0.25, -0.2) is 0 Å². The number of aryl methyl sites for hydroxylation is 3. The molecule has 2 heterocycles. The van der Waals surface area contributed by atoms with Crippen molar-refractivity contribution >= 4 is 23.1 Å². The van der Waals surface area contributed by atoms with E-state index in [1.807, 2.05) is 17.8 Å². The first-order chi connectivity index (χ1) is 16.0.